The van der Waals surface area contributed by atoms with Crippen LogP contribution in [0.5, 0.6) is 0 Å². The Morgan fingerprint density at radius 2 is 1.96 bits per heavy atom. The van der Waals surface area contributed by atoms with E-state index in [9.17, 15) is 13.2 Å². The Bertz CT molecular complexity index is 766. The van der Waals surface area contributed by atoms with Crippen LogP contribution < -0.4 is 10.0 Å². The molecule has 1 saturated heterocycles. The van der Waals surface area contributed by atoms with Crippen molar-refractivity contribution in [3.05, 3.63) is 41.5 Å². The van der Waals surface area contributed by atoms with Crippen LogP contribution in [-0.2, 0) is 14.8 Å². The van der Waals surface area contributed by atoms with Crippen LogP contribution in [-0.4, -0.2) is 40.1 Å². The molecule has 0 unspecified atom stereocenters. The number of allylic oxidation sites excluding steroid dienone is 1. The lowest BCUT2D eigenvalue weighted by Gasteiger charge is -2.13. The molecule has 0 saturated carbocycles. The van der Waals surface area contributed by atoms with Gasteiger partial charge in [-0.1, -0.05) is 11.6 Å². The molecule has 27 heavy (non-hydrogen) atoms. The SMILES string of the molecule is O=C(NCCC1=CCCCC1)c1ccc(S(=O)(=O)NC[C@H]2CCCO2)cc1. The van der Waals surface area contributed by atoms with Gasteiger partial charge in [0.05, 0.1) is 11.0 Å². The largest absolute Gasteiger partial charge is 0.377 e. The number of benzene rings is 1. The molecule has 1 fully saturated rings. The molecule has 1 aliphatic carbocycles. The molecule has 6 nitrogen and oxygen atoms in total. The minimum Gasteiger partial charge on any atom is -0.377 e. The van der Waals surface area contributed by atoms with E-state index in [-0.39, 0.29) is 23.5 Å². The van der Waals surface area contributed by atoms with Crippen LogP contribution in [0.2, 0.25) is 0 Å². The van der Waals surface area contributed by atoms with Crippen LogP contribution in [0.3, 0.4) is 0 Å². The fourth-order valence-electron chi connectivity index (χ4n) is 3.45. The molecule has 2 N–H and O–H groups in total. The Labute approximate surface area is 161 Å². The summed E-state index contributed by atoms with van der Waals surface area (Å²) < 4.78 is 32.7. The van der Waals surface area contributed by atoms with Gasteiger partial charge in [-0.15, -0.1) is 0 Å². The zero-order chi connectivity index (χ0) is 19.1. The van der Waals surface area contributed by atoms with Gasteiger partial charge in [-0.05, 0) is 69.2 Å². The normalized spacial score (nSPS) is 20.3. The maximum Gasteiger partial charge on any atom is 0.251 e. The first kappa shape index (κ1) is 20.0. The molecule has 7 heteroatoms. The van der Waals surface area contributed by atoms with Crippen LogP contribution in [0.4, 0.5) is 0 Å². The van der Waals surface area contributed by atoms with Gasteiger partial charge < -0.3 is 10.1 Å². The maximum atomic E-state index is 12.3. The summed E-state index contributed by atoms with van der Waals surface area (Å²) in [4.78, 5) is 12.4. The van der Waals surface area contributed by atoms with E-state index in [1.165, 1.54) is 30.5 Å². The maximum absolute atomic E-state index is 12.3. The van der Waals surface area contributed by atoms with Gasteiger partial charge in [0.15, 0.2) is 0 Å². The first-order valence-electron chi connectivity index (χ1n) is 9.72. The van der Waals surface area contributed by atoms with Gasteiger partial charge >= 0.3 is 0 Å². The fourth-order valence-corrected chi connectivity index (χ4v) is 4.51. The number of amides is 1. The summed E-state index contributed by atoms with van der Waals surface area (Å²) in [5.41, 5.74) is 1.88. The molecule has 1 aromatic rings. The smallest absolute Gasteiger partial charge is 0.251 e. The lowest BCUT2D eigenvalue weighted by Crippen LogP contribution is -2.32. The highest BCUT2D eigenvalue weighted by Crippen LogP contribution is 2.19. The second kappa shape index (κ2) is 9.48. The molecule has 0 aromatic heterocycles. The minimum atomic E-state index is -3.59. The molecule has 1 aliphatic heterocycles. The van der Waals surface area contributed by atoms with Gasteiger partial charge in [0, 0.05) is 25.3 Å². The summed E-state index contributed by atoms with van der Waals surface area (Å²) in [5.74, 6) is -0.178. The minimum absolute atomic E-state index is 0.0518. The highest BCUT2D eigenvalue weighted by atomic mass is 32.2. The molecule has 0 spiro atoms. The highest BCUT2D eigenvalue weighted by Gasteiger charge is 2.20. The lowest BCUT2D eigenvalue weighted by molar-refractivity contribution is 0.0954. The molecule has 1 aromatic carbocycles. The van der Waals surface area contributed by atoms with E-state index in [2.05, 4.69) is 16.1 Å². The Balaban J connectivity index is 1.49. The van der Waals surface area contributed by atoms with Crippen molar-refractivity contribution in [1.29, 1.82) is 0 Å². The van der Waals surface area contributed by atoms with Gasteiger partial charge in [-0.3, -0.25) is 4.79 Å². The highest BCUT2D eigenvalue weighted by molar-refractivity contribution is 7.89. The molecular formula is C20H28N2O4S. The van der Waals surface area contributed by atoms with E-state index in [1.807, 2.05) is 0 Å². The second-order valence-corrected chi connectivity index (χ2v) is 8.89. The Morgan fingerprint density at radius 1 is 1.15 bits per heavy atom. The summed E-state index contributed by atoms with van der Waals surface area (Å²) in [6, 6.07) is 6.04. The Hall–Kier alpha value is -1.70. The molecule has 1 amide bonds. The zero-order valence-corrected chi connectivity index (χ0v) is 16.4. The summed E-state index contributed by atoms with van der Waals surface area (Å²) in [5, 5.41) is 2.91. The number of hydrogen-bond acceptors (Lipinski definition) is 4. The monoisotopic (exact) mass is 392 g/mol. The molecule has 1 atom stereocenters. The standard InChI is InChI=1S/C20H28N2O4S/c23-20(21-13-12-16-5-2-1-3-6-16)17-8-10-19(11-9-17)27(24,25)22-15-18-7-4-14-26-18/h5,8-11,18,22H,1-4,6-7,12-15H2,(H,21,23)/t18-/m1/s1. The summed E-state index contributed by atoms with van der Waals surface area (Å²) in [6.07, 6.45) is 9.70. The van der Waals surface area contributed by atoms with Crippen LogP contribution in [0.1, 0.15) is 55.3 Å². The Morgan fingerprint density at radius 3 is 2.63 bits per heavy atom. The fraction of sp³-hybridized carbons (Fsp3) is 0.550. The van der Waals surface area contributed by atoms with E-state index in [0.717, 1.165) is 32.1 Å². The number of carbonyl (C=O) groups excluding carboxylic acids is 1. The molecule has 0 bridgehead atoms. The third-order valence-electron chi connectivity index (χ3n) is 5.07. The van der Waals surface area contributed by atoms with E-state index in [4.69, 9.17) is 4.74 Å². The van der Waals surface area contributed by atoms with Crippen LogP contribution in [0, 0.1) is 0 Å². The molecule has 1 heterocycles. The van der Waals surface area contributed by atoms with Crippen molar-refractivity contribution in [2.45, 2.75) is 55.9 Å². The van der Waals surface area contributed by atoms with E-state index in [0.29, 0.717) is 18.7 Å². The number of hydrogen-bond donors (Lipinski definition) is 2. The van der Waals surface area contributed by atoms with Crippen molar-refractivity contribution < 1.29 is 17.9 Å². The zero-order valence-electron chi connectivity index (χ0n) is 15.6. The van der Waals surface area contributed by atoms with Crippen molar-refractivity contribution in [2.75, 3.05) is 19.7 Å². The van der Waals surface area contributed by atoms with Crippen molar-refractivity contribution in [2.24, 2.45) is 0 Å². The predicted octanol–water partition coefficient (Wildman–Crippen LogP) is 2.76. The average molecular weight is 393 g/mol. The van der Waals surface area contributed by atoms with Crippen LogP contribution in [0.15, 0.2) is 40.8 Å². The van der Waals surface area contributed by atoms with Gasteiger partial charge in [0.25, 0.3) is 5.91 Å². The molecule has 3 rings (SSSR count). The number of ether oxygens (including phenoxy) is 1. The van der Waals surface area contributed by atoms with Gasteiger partial charge in [0.2, 0.25) is 10.0 Å². The summed E-state index contributed by atoms with van der Waals surface area (Å²) in [6.45, 7) is 1.57. The third-order valence-corrected chi connectivity index (χ3v) is 6.51. The first-order chi connectivity index (χ1) is 13.0. The second-order valence-electron chi connectivity index (χ2n) is 7.13. The molecular weight excluding hydrogens is 364 g/mol. The quantitative estimate of drug-likeness (QED) is 0.666. The number of sulfonamides is 1. The van der Waals surface area contributed by atoms with Crippen molar-refractivity contribution >= 4 is 15.9 Å². The predicted molar refractivity (Wildman–Crippen MR) is 104 cm³/mol. The van der Waals surface area contributed by atoms with Crippen molar-refractivity contribution in [3.63, 3.8) is 0 Å². The van der Waals surface area contributed by atoms with Crippen molar-refractivity contribution in [3.8, 4) is 0 Å². The van der Waals surface area contributed by atoms with Crippen LogP contribution in [0.25, 0.3) is 0 Å². The van der Waals surface area contributed by atoms with E-state index < -0.39 is 10.0 Å². The third kappa shape index (κ3) is 5.89. The molecule has 2 aliphatic rings. The van der Waals surface area contributed by atoms with Gasteiger partial charge in [0.1, 0.15) is 0 Å². The Kier molecular flexibility index (Phi) is 7.04. The van der Waals surface area contributed by atoms with Gasteiger partial charge in [-0.25, -0.2) is 13.1 Å². The number of carbonyl (C=O) groups is 1. The first-order valence-corrected chi connectivity index (χ1v) is 11.2. The summed E-state index contributed by atoms with van der Waals surface area (Å²) in [7, 11) is -3.59. The van der Waals surface area contributed by atoms with Gasteiger partial charge in [-0.2, -0.15) is 0 Å². The summed E-state index contributed by atoms with van der Waals surface area (Å²) >= 11 is 0. The number of rotatable bonds is 8. The molecule has 0 radical (unpaired) electrons. The molecule has 148 valence electrons. The van der Waals surface area contributed by atoms with Crippen molar-refractivity contribution in [1.82, 2.24) is 10.0 Å². The van der Waals surface area contributed by atoms with E-state index in [1.54, 1.807) is 12.1 Å². The topological polar surface area (TPSA) is 84.5 Å². The van der Waals surface area contributed by atoms with E-state index >= 15 is 0 Å². The van der Waals surface area contributed by atoms with Crippen LogP contribution >= 0.6 is 0 Å². The average Bonchev–Trinajstić information content (AvgIpc) is 3.21. The number of nitrogens with one attached hydrogen (secondary N) is 2. The lowest BCUT2D eigenvalue weighted by atomic mass is 9.97.